The molecule has 3 rings (SSSR count). The average Bonchev–Trinajstić information content (AvgIpc) is 3.32. The Morgan fingerprint density at radius 2 is 2.10 bits per heavy atom. The molecule has 2 heterocycles. The molecule has 29 heavy (non-hydrogen) atoms. The fourth-order valence-electron chi connectivity index (χ4n) is 2.61. The summed E-state index contributed by atoms with van der Waals surface area (Å²) in [6.45, 7) is 2.15. The quantitative estimate of drug-likeness (QED) is 0.154. The van der Waals surface area contributed by atoms with Gasteiger partial charge in [-0.15, -0.1) is 11.3 Å². The number of nitro benzene ring substituents is 1. The summed E-state index contributed by atoms with van der Waals surface area (Å²) >= 11 is 4.98. The lowest BCUT2D eigenvalue weighted by Gasteiger charge is -2.04. The summed E-state index contributed by atoms with van der Waals surface area (Å²) in [6, 6.07) is 11.4. The lowest BCUT2D eigenvalue weighted by Crippen LogP contribution is -1.97. The number of benzene rings is 1. The number of nitrogens with zero attached hydrogens (tertiary/aromatic N) is 1. The number of hydrogen-bond acceptors (Lipinski definition) is 6. The van der Waals surface area contributed by atoms with Crippen LogP contribution in [-0.2, 0) is 13.0 Å². The first-order chi connectivity index (χ1) is 14.0. The Bertz CT molecular complexity index is 1050. The van der Waals surface area contributed by atoms with Gasteiger partial charge in [0.2, 0.25) is 0 Å². The molecular weight excluding hydrogens is 458 g/mol. The lowest BCUT2D eigenvalue weighted by molar-refractivity contribution is -0.386. The van der Waals surface area contributed by atoms with E-state index in [1.165, 1.54) is 29.5 Å². The number of aryl methyl sites for hydroxylation is 1. The first-order valence-corrected chi connectivity index (χ1v) is 10.5. The second-order valence-electron chi connectivity index (χ2n) is 6.15. The van der Waals surface area contributed by atoms with Crippen molar-refractivity contribution in [2.75, 3.05) is 0 Å². The molecule has 0 unspecified atom stereocenters. The minimum absolute atomic E-state index is 0.0465. The summed E-state index contributed by atoms with van der Waals surface area (Å²) < 4.78 is 12.1. The third kappa shape index (κ3) is 5.42. The molecule has 0 saturated heterocycles. The highest BCUT2D eigenvalue weighted by atomic mass is 79.9. The van der Waals surface area contributed by atoms with Crippen LogP contribution in [-0.4, -0.2) is 10.7 Å². The SMILES string of the molecule is CCCc1sc(C(=O)/C=C/c2ccc(COc3ccccc3[N+](=O)[O-])o2)cc1Br. The van der Waals surface area contributed by atoms with Crippen LogP contribution in [0.25, 0.3) is 6.08 Å². The highest BCUT2D eigenvalue weighted by Gasteiger charge is 2.14. The van der Waals surface area contributed by atoms with Gasteiger partial charge < -0.3 is 9.15 Å². The predicted octanol–water partition coefficient (Wildman–Crippen LogP) is 6.44. The molecule has 0 radical (unpaired) electrons. The maximum absolute atomic E-state index is 12.4. The molecule has 0 N–H and O–H groups in total. The second-order valence-corrected chi connectivity index (χ2v) is 8.14. The van der Waals surface area contributed by atoms with Crippen LogP contribution >= 0.6 is 27.3 Å². The van der Waals surface area contributed by atoms with Crippen molar-refractivity contribution in [3.8, 4) is 5.75 Å². The van der Waals surface area contributed by atoms with Crippen LogP contribution in [0.5, 0.6) is 5.75 Å². The molecule has 2 aromatic heterocycles. The molecule has 8 heteroatoms. The first kappa shape index (κ1) is 21.0. The molecule has 0 aliphatic rings. The van der Waals surface area contributed by atoms with E-state index in [4.69, 9.17) is 9.15 Å². The standard InChI is InChI=1S/C21H18BrNO5S/c1-2-5-20-16(22)12-21(29-20)18(24)11-10-14-8-9-15(28-14)13-27-19-7-4-3-6-17(19)23(25)26/h3-4,6-12H,2,5,13H2,1H3/b11-10+. The van der Waals surface area contributed by atoms with Gasteiger partial charge in [0.1, 0.15) is 18.1 Å². The second kappa shape index (κ2) is 9.67. The number of ketones is 1. The third-order valence-corrected chi connectivity index (χ3v) is 6.17. The van der Waals surface area contributed by atoms with Crippen LogP contribution in [0.15, 0.2) is 57.4 Å². The fraction of sp³-hybridized carbons (Fsp3) is 0.190. The van der Waals surface area contributed by atoms with Crippen LogP contribution in [0.2, 0.25) is 0 Å². The minimum Gasteiger partial charge on any atom is -0.479 e. The van der Waals surface area contributed by atoms with Crippen molar-refractivity contribution < 1.29 is 18.9 Å². The smallest absolute Gasteiger partial charge is 0.310 e. The van der Waals surface area contributed by atoms with E-state index >= 15 is 0 Å². The van der Waals surface area contributed by atoms with Crippen molar-refractivity contribution in [1.82, 2.24) is 0 Å². The number of halogens is 1. The van der Waals surface area contributed by atoms with Crippen molar-refractivity contribution in [3.63, 3.8) is 0 Å². The number of rotatable bonds is 9. The van der Waals surface area contributed by atoms with Gasteiger partial charge in [-0.2, -0.15) is 0 Å². The number of furan rings is 1. The highest BCUT2D eigenvalue weighted by Crippen LogP contribution is 2.29. The van der Waals surface area contributed by atoms with E-state index in [-0.39, 0.29) is 23.8 Å². The zero-order chi connectivity index (χ0) is 20.8. The summed E-state index contributed by atoms with van der Waals surface area (Å²) in [4.78, 5) is 24.7. The Balaban J connectivity index is 1.62. The Morgan fingerprint density at radius 3 is 2.86 bits per heavy atom. The molecule has 150 valence electrons. The van der Waals surface area contributed by atoms with E-state index in [0.717, 1.165) is 22.2 Å². The maximum atomic E-state index is 12.4. The van der Waals surface area contributed by atoms with Gasteiger partial charge in [0.05, 0.1) is 9.80 Å². The zero-order valence-corrected chi connectivity index (χ0v) is 18.0. The maximum Gasteiger partial charge on any atom is 0.310 e. The van der Waals surface area contributed by atoms with E-state index in [1.54, 1.807) is 30.3 Å². The summed E-state index contributed by atoms with van der Waals surface area (Å²) in [5.74, 6) is 1.09. The topological polar surface area (TPSA) is 82.6 Å². The zero-order valence-electron chi connectivity index (χ0n) is 15.6. The molecule has 0 spiro atoms. The molecule has 0 atom stereocenters. The number of para-hydroxylation sites is 2. The van der Waals surface area contributed by atoms with E-state index in [9.17, 15) is 14.9 Å². The molecule has 0 aliphatic heterocycles. The first-order valence-electron chi connectivity index (χ1n) is 8.93. The summed E-state index contributed by atoms with van der Waals surface area (Å²) in [5.41, 5.74) is -0.102. The Hall–Kier alpha value is -2.71. The van der Waals surface area contributed by atoms with Crippen molar-refractivity contribution in [1.29, 1.82) is 0 Å². The lowest BCUT2D eigenvalue weighted by atomic mass is 10.2. The van der Waals surface area contributed by atoms with Gasteiger partial charge in [-0.25, -0.2) is 0 Å². The van der Waals surface area contributed by atoms with Crippen LogP contribution in [0, 0.1) is 10.1 Å². The third-order valence-electron chi connectivity index (χ3n) is 3.99. The molecule has 0 fully saturated rings. The van der Waals surface area contributed by atoms with Gasteiger partial charge in [0, 0.05) is 15.4 Å². The van der Waals surface area contributed by atoms with Crippen LogP contribution in [0.4, 0.5) is 5.69 Å². The Morgan fingerprint density at radius 1 is 1.31 bits per heavy atom. The van der Waals surface area contributed by atoms with E-state index < -0.39 is 4.92 Å². The van der Waals surface area contributed by atoms with E-state index in [1.807, 2.05) is 6.07 Å². The van der Waals surface area contributed by atoms with Crippen molar-refractivity contribution in [2.24, 2.45) is 0 Å². The molecule has 0 saturated carbocycles. The molecule has 0 aliphatic carbocycles. The molecule has 6 nitrogen and oxygen atoms in total. The van der Waals surface area contributed by atoms with Crippen molar-refractivity contribution in [2.45, 2.75) is 26.4 Å². The van der Waals surface area contributed by atoms with Gasteiger partial charge in [0.15, 0.2) is 11.5 Å². The summed E-state index contributed by atoms with van der Waals surface area (Å²) in [7, 11) is 0. The van der Waals surface area contributed by atoms with Gasteiger partial charge in [-0.3, -0.25) is 14.9 Å². The minimum atomic E-state index is -0.494. The fourth-order valence-corrected chi connectivity index (χ4v) is 4.50. The van der Waals surface area contributed by atoms with Crippen molar-refractivity contribution in [3.05, 3.63) is 84.4 Å². The average molecular weight is 476 g/mol. The molecule has 0 amide bonds. The number of nitro groups is 1. The van der Waals surface area contributed by atoms with Gasteiger partial charge >= 0.3 is 5.69 Å². The number of thiophene rings is 1. The normalized spacial score (nSPS) is 11.1. The van der Waals surface area contributed by atoms with Gasteiger partial charge in [-0.1, -0.05) is 25.5 Å². The molecular formula is C21H18BrNO5S. The van der Waals surface area contributed by atoms with Gasteiger partial charge in [0.25, 0.3) is 0 Å². The van der Waals surface area contributed by atoms with E-state index in [0.29, 0.717) is 16.4 Å². The number of hydrogen-bond donors (Lipinski definition) is 0. The van der Waals surface area contributed by atoms with Crippen LogP contribution < -0.4 is 4.74 Å². The Labute approximate surface area is 180 Å². The predicted molar refractivity (Wildman–Crippen MR) is 116 cm³/mol. The van der Waals surface area contributed by atoms with Gasteiger partial charge in [-0.05, 0) is 58.8 Å². The number of carbonyl (C=O) groups excluding carboxylic acids is 1. The summed E-state index contributed by atoms with van der Waals surface area (Å²) in [6.07, 6.45) is 5.03. The molecule has 1 aromatic carbocycles. The molecule has 3 aromatic rings. The molecule has 0 bridgehead atoms. The number of carbonyl (C=O) groups is 1. The largest absolute Gasteiger partial charge is 0.479 e. The van der Waals surface area contributed by atoms with Crippen LogP contribution in [0.1, 0.15) is 39.4 Å². The highest BCUT2D eigenvalue weighted by molar-refractivity contribution is 9.10. The van der Waals surface area contributed by atoms with Crippen molar-refractivity contribution >= 4 is 44.8 Å². The number of allylic oxidation sites excluding steroid dienone is 1. The number of ether oxygens (including phenoxy) is 1. The monoisotopic (exact) mass is 475 g/mol. The van der Waals surface area contributed by atoms with E-state index in [2.05, 4.69) is 22.9 Å². The Kier molecular flexibility index (Phi) is 7.00. The summed E-state index contributed by atoms with van der Waals surface area (Å²) in [5, 5.41) is 11.0. The van der Waals surface area contributed by atoms with Crippen LogP contribution in [0.3, 0.4) is 0 Å².